The van der Waals surface area contributed by atoms with E-state index >= 15 is 0 Å². The highest BCUT2D eigenvalue weighted by molar-refractivity contribution is 5.94. The van der Waals surface area contributed by atoms with Crippen LogP contribution in [0.4, 0.5) is 4.79 Å². The average molecular weight is 1020 g/mol. The van der Waals surface area contributed by atoms with Crippen molar-refractivity contribution in [3.63, 3.8) is 0 Å². The number of rotatable bonds is 28. The van der Waals surface area contributed by atoms with E-state index in [1.54, 1.807) is 27.7 Å². The van der Waals surface area contributed by atoms with Crippen molar-refractivity contribution in [2.24, 2.45) is 11.8 Å². The Balaban J connectivity index is 1.51. The molecule has 3 aliphatic rings. The van der Waals surface area contributed by atoms with E-state index in [1.165, 1.54) is 7.11 Å². The molecule has 0 bridgehead atoms. The van der Waals surface area contributed by atoms with Gasteiger partial charge in [0.05, 0.1) is 12.1 Å². The number of carbonyl (C=O) groups is 5. The van der Waals surface area contributed by atoms with Crippen molar-refractivity contribution in [3.05, 3.63) is 33.1 Å². The summed E-state index contributed by atoms with van der Waals surface area (Å²) < 4.78 is 24.5. The first-order chi connectivity index (χ1) is 33.6. The number of unbranched alkanes of at least 4 members (excludes halogenated alkanes) is 2. The first-order valence-electron chi connectivity index (χ1n) is 23.8. The van der Waals surface area contributed by atoms with Gasteiger partial charge in [-0.1, -0.05) is 47.5 Å². The van der Waals surface area contributed by atoms with Gasteiger partial charge in [-0.3, -0.25) is 34.1 Å². The molecule has 1 aromatic heterocycles. The van der Waals surface area contributed by atoms with Gasteiger partial charge in [-0.05, 0) is 44.2 Å². The third-order valence-electron chi connectivity index (χ3n) is 12.4. The molecule has 1 aromatic rings. The SMILES string of the molecule is CCCCCNC[C@H]1OC(OC(C(NCCCNC(=O)C(NC(=O)C(NC(=O)NC(C(=O)O)C(C)C)C2CCNC(=N)N2)C(O)C(C)C)C(=O)O)[C@@H]2O[C@@H](n3ccc(=O)[nH]c3=O)[C@H](O)[C@H]2O)[C@@H](OC)[C@H]1O. The second-order valence-electron chi connectivity index (χ2n) is 18.4. The number of methoxy groups -OCH3 is 1. The van der Waals surface area contributed by atoms with Crippen LogP contribution in [0.3, 0.4) is 0 Å². The van der Waals surface area contributed by atoms with Crippen LogP contribution < -0.4 is 53.8 Å². The topological polar surface area (TPSA) is 419 Å². The zero-order valence-electron chi connectivity index (χ0n) is 40.7. The average Bonchev–Trinajstić information content (AvgIpc) is 3.77. The van der Waals surface area contributed by atoms with Gasteiger partial charge in [0.25, 0.3) is 5.56 Å². The third-order valence-corrected chi connectivity index (χ3v) is 12.4. The molecule has 28 heteroatoms. The molecule has 8 unspecified atom stereocenters. The highest BCUT2D eigenvalue weighted by Gasteiger charge is 2.54. The van der Waals surface area contributed by atoms with E-state index in [4.69, 9.17) is 24.4 Å². The molecule has 0 saturated carbocycles. The van der Waals surface area contributed by atoms with Crippen molar-refractivity contribution >= 4 is 35.7 Å². The lowest BCUT2D eigenvalue weighted by molar-refractivity contribution is -0.231. The van der Waals surface area contributed by atoms with Gasteiger partial charge in [0.15, 0.2) is 18.5 Å². The van der Waals surface area contributed by atoms with Gasteiger partial charge >= 0.3 is 23.7 Å². The Morgan fingerprint density at radius 3 is 2.18 bits per heavy atom. The molecule has 0 radical (unpaired) electrons. The summed E-state index contributed by atoms with van der Waals surface area (Å²) in [6.07, 6.45) is -11.1. The molecule has 3 fully saturated rings. The van der Waals surface area contributed by atoms with Gasteiger partial charge in [-0.2, -0.15) is 0 Å². The van der Waals surface area contributed by atoms with Gasteiger partial charge < -0.3 is 92.1 Å². The maximum atomic E-state index is 13.9. The number of hydrogen-bond donors (Lipinski definition) is 16. The molecule has 0 aliphatic carbocycles. The summed E-state index contributed by atoms with van der Waals surface area (Å²) in [5.74, 6) is -5.96. The lowest BCUT2D eigenvalue weighted by atomic mass is 9.97. The van der Waals surface area contributed by atoms with Crippen molar-refractivity contribution in [1.29, 1.82) is 5.41 Å². The number of aliphatic hydroxyl groups is 4. The minimum absolute atomic E-state index is 0.00997. The zero-order valence-corrected chi connectivity index (χ0v) is 40.7. The van der Waals surface area contributed by atoms with E-state index in [1.807, 2.05) is 4.98 Å². The lowest BCUT2D eigenvalue weighted by Gasteiger charge is -2.34. The predicted octanol–water partition coefficient (Wildman–Crippen LogP) is -4.86. The highest BCUT2D eigenvalue weighted by Crippen LogP contribution is 2.35. The fourth-order valence-corrected chi connectivity index (χ4v) is 8.33. The monoisotopic (exact) mass is 1020 g/mol. The molecule has 28 nitrogen and oxygen atoms in total. The second-order valence-corrected chi connectivity index (χ2v) is 18.4. The largest absolute Gasteiger partial charge is 0.480 e. The standard InChI is InChI=1S/C43H73N11O17/c1-7-8-9-13-45-18-22-29(57)34(68-6)40(69-22)71-32(33-30(58)31(59)37(70-33)54-17-12-23(55)50-43(54)67)27(39(64)65)46-14-10-15-47-35(60)26(28(56)20(4)5)51-36(61)25(21-11-16-48-41(44)49-21)53-42(66)52-24(19(2)3)38(62)63/h12,17,19-22,24-34,37,40,45-46,56-59H,7-11,13-16,18H2,1-6H3,(H,47,60)(H,51,61)(H,62,63)(H,64,65)(H3,44,48,49)(H,50,55,67)(H2,52,53,66)/t21?,22-,24?,25?,26?,27?,28?,29+,30-,31-,32?,33-,34+,37-,40?/m1/s1. The highest BCUT2D eigenvalue weighted by atomic mass is 16.7. The smallest absolute Gasteiger partial charge is 0.330 e. The van der Waals surface area contributed by atoms with E-state index in [2.05, 4.69) is 49.5 Å². The third kappa shape index (κ3) is 15.8. The Kier molecular flexibility index (Phi) is 22.6. The van der Waals surface area contributed by atoms with Crippen molar-refractivity contribution in [2.45, 2.75) is 158 Å². The molecule has 4 rings (SSSR count). The van der Waals surface area contributed by atoms with E-state index in [-0.39, 0.29) is 45.0 Å². The van der Waals surface area contributed by atoms with Crippen molar-refractivity contribution in [1.82, 2.24) is 52.1 Å². The number of amides is 4. The first kappa shape index (κ1) is 58.3. The summed E-state index contributed by atoms with van der Waals surface area (Å²) >= 11 is 0. The van der Waals surface area contributed by atoms with Crippen molar-refractivity contribution in [2.75, 3.05) is 39.8 Å². The first-order valence-corrected chi connectivity index (χ1v) is 23.8. The molecule has 16 N–H and O–H groups in total. The summed E-state index contributed by atoms with van der Waals surface area (Å²) in [5, 5.41) is 94.5. The predicted molar refractivity (Wildman–Crippen MR) is 249 cm³/mol. The van der Waals surface area contributed by atoms with Crippen LogP contribution in [0.15, 0.2) is 21.9 Å². The number of aliphatic hydroxyl groups excluding tert-OH is 4. The second kappa shape index (κ2) is 27.5. The van der Waals surface area contributed by atoms with Gasteiger partial charge in [-0.15, -0.1) is 0 Å². The fourth-order valence-electron chi connectivity index (χ4n) is 8.33. The summed E-state index contributed by atoms with van der Waals surface area (Å²) in [6, 6.07) is -7.15. The maximum absolute atomic E-state index is 13.9. The van der Waals surface area contributed by atoms with Crippen LogP contribution in [0.25, 0.3) is 0 Å². The number of aromatic nitrogens is 2. The van der Waals surface area contributed by atoms with Crippen LogP contribution in [0, 0.1) is 17.2 Å². The number of ether oxygens (including phenoxy) is 4. The number of nitrogens with zero attached hydrogens (tertiary/aromatic N) is 1. The van der Waals surface area contributed by atoms with E-state index in [0.29, 0.717) is 6.54 Å². The van der Waals surface area contributed by atoms with Gasteiger partial charge in [0, 0.05) is 39.0 Å². The Morgan fingerprint density at radius 1 is 0.873 bits per heavy atom. The maximum Gasteiger partial charge on any atom is 0.330 e. The molecule has 71 heavy (non-hydrogen) atoms. The van der Waals surface area contributed by atoms with E-state index < -0.39 is 144 Å². The van der Waals surface area contributed by atoms with Crippen LogP contribution in [-0.4, -0.2) is 201 Å². The summed E-state index contributed by atoms with van der Waals surface area (Å²) in [5.41, 5.74) is -1.76. The molecule has 4 amide bonds. The normalized spacial score (nSPS) is 26.9. The molecule has 0 spiro atoms. The van der Waals surface area contributed by atoms with Gasteiger partial charge in [0.1, 0.15) is 66.9 Å². The lowest BCUT2D eigenvalue weighted by Crippen LogP contribution is -2.67. The Hall–Kier alpha value is -5.30. The minimum atomic E-state index is -1.90. The zero-order chi connectivity index (χ0) is 52.7. The molecule has 3 aliphatic heterocycles. The molecular weight excluding hydrogens is 943 g/mol. The van der Waals surface area contributed by atoms with E-state index in [0.717, 1.165) is 36.1 Å². The number of guanidine groups is 1. The van der Waals surface area contributed by atoms with Gasteiger partial charge in [-0.25, -0.2) is 14.4 Å². The Bertz CT molecular complexity index is 2060. The Morgan fingerprint density at radius 2 is 1.58 bits per heavy atom. The number of carbonyl (C=O) groups excluding carboxylic acids is 3. The summed E-state index contributed by atoms with van der Waals surface area (Å²) in [6.45, 7) is 9.02. The number of carboxylic acid groups (broad SMARTS) is 2. The number of aromatic amines is 1. The fraction of sp³-hybridized carbons (Fsp3) is 0.767. The number of urea groups is 1. The minimum Gasteiger partial charge on any atom is -0.480 e. The van der Waals surface area contributed by atoms with Gasteiger partial charge in [0.2, 0.25) is 11.8 Å². The van der Waals surface area contributed by atoms with Crippen LogP contribution in [-0.2, 0) is 38.1 Å². The number of aliphatic carboxylic acids is 2. The van der Waals surface area contributed by atoms with Crippen LogP contribution in [0.1, 0.15) is 73.0 Å². The number of hydrogen-bond acceptors (Lipinski definition) is 18. The number of H-pyrrole nitrogens is 1. The quantitative estimate of drug-likeness (QED) is 0.0350. The van der Waals surface area contributed by atoms with Crippen molar-refractivity contribution in [3.8, 4) is 0 Å². The molecule has 402 valence electrons. The molecule has 4 heterocycles. The Labute approximate surface area is 409 Å². The van der Waals surface area contributed by atoms with Crippen LogP contribution in [0.5, 0.6) is 0 Å². The van der Waals surface area contributed by atoms with E-state index in [9.17, 15) is 64.2 Å². The summed E-state index contributed by atoms with van der Waals surface area (Å²) in [7, 11) is 1.28. The number of carboxylic acids is 2. The molecule has 0 aromatic carbocycles. The van der Waals surface area contributed by atoms with Crippen LogP contribution in [0.2, 0.25) is 0 Å². The summed E-state index contributed by atoms with van der Waals surface area (Å²) in [4.78, 5) is 92.2. The number of nitrogens with one attached hydrogen (secondary N) is 10. The molecule has 3 saturated heterocycles. The molecule has 15 atom stereocenters. The van der Waals surface area contributed by atoms with Crippen molar-refractivity contribution < 1.29 is 73.6 Å². The van der Waals surface area contributed by atoms with Crippen LogP contribution >= 0.6 is 0 Å². The molecular formula is C43H73N11O17.